The molecule has 0 unspecified atom stereocenters. The van der Waals surface area contributed by atoms with Crippen molar-refractivity contribution in [2.45, 2.75) is 26.3 Å². The third kappa shape index (κ3) is 2.08. The van der Waals surface area contributed by atoms with E-state index in [-0.39, 0.29) is 0 Å². The van der Waals surface area contributed by atoms with E-state index in [2.05, 4.69) is 23.8 Å². The second kappa shape index (κ2) is 4.89. The van der Waals surface area contributed by atoms with Crippen LogP contribution in [0.25, 0.3) is 10.9 Å². The van der Waals surface area contributed by atoms with Gasteiger partial charge in [0.25, 0.3) is 0 Å². The third-order valence-corrected chi connectivity index (χ3v) is 3.04. The molecular formula is C13H17ClN2. The standard InChI is InChI=1S/C13H17ClN2/c1-2-7-16-9-10(5-6-15)12-4-3-11(14)8-13(12)16/h3-4,8-9H,2,5-7,15H2,1H3. The first-order chi connectivity index (χ1) is 7.76. The minimum absolute atomic E-state index is 0.688. The second-order valence-corrected chi connectivity index (χ2v) is 4.48. The maximum atomic E-state index is 6.04. The van der Waals surface area contributed by atoms with Crippen LogP contribution >= 0.6 is 11.6 Å². The van der Waals surface area contributed by atoms with Gasteiger partial charge < -0.3 is 10.3 Å². The summed E-state index contributed by atoms with van der Waals surface area (Å²) in [6.07, 6.45) is 4.25. The largest absolute Gasteiger partial charge is 0.347 e. The van der Waals surface area contributed by atoms with Crippen LogP contribution in [0.2, 0.25) is 5.02 Å². The van der Waals surface area contributed by atoms with Crippen LogP contribution in [0.1, 0.15) is 18.9 Å². The Morgan fingerprint density at radius 1 is 1.38 bits per heavy atom. The van der Waals surface area contributed by atoms with Crippen LogP contribution in [-0.4, -0.2) is 11.1 Å². The number of hydrogen-bond acceptors (Lipinski definition) is 1. The number of fused-ring (bicyclic) bond motifs is 1. The molecule has 1 aromatic carbocycles. The van der Waals surface area contributed by atoms with Crippen LogP contribution in [-0.2, 0) is 13.0 Å². The molecule has 0 aliphatic carbocycles. The number of benzene rings is 1. The van der Waals surface area contributed by atoms with Gasteiger partial charge in [0.05, 0.1) is 0 Å². The van der Waals surface area contributed by atoms with Gasteiger partial charge in [0.1, 0.15) is 0 Å². The minimum atomic E-state index is 0.688. The van der Waals surface area contributed by atoms with Gasteiger partial charge in [0, 0.05) is 28.7 Å². The highest BCUT2D eigenvalue weighted by atomic mass is 35.5. The third-order valence-electron chi connectivity index (χ3n) is 2.81. The Labute approximate surface area is 101 Å². The molecule has 0 bridgehead atoms. The van der Waals surface area contributed by atoms with Crippen molar-refractivity contribution in [2.24, 2.45) is 5.73 Å². The molecule has 1 heterocycles. The molecule has 0 spiro atoms. The van der Waals surface area contributed by atoms with E-state index in [1.54, 1.807) is 0 Å². The summed E-state index contributed by atoms with van der Waals surface area (Å²) in [7, 11) is 0. The first-order valence-electron chi connectivity index (χ1n) is 5.73. The summed E-state index contributed by atoms with van der Waals surface area (Å²) in [4.78, 5) is 0. The highest BCUT2D eigenvalue weighted by molar-refractivity contribution is 6.31. The SMILES string of the molecule is CCCn1cc(CCN)c2ccc(Cl)cc21. The zero-order chi connectivity index (χ0) is 11.5. The van der Waals surface area contributed by atoms with E-state index in [9.17, 15) is 0 Å². The van der Waals surface area contributed by atoms with Crippen LogP contribution < -0.4 is 5.73 Å². The van der Waals surface area contributed by atoms with E-state index in [1.165, 1.54) is 16.5 Å². The molecule has 0 atom stereocenters. The number of nitrogens with zero attached hydrogens (tertiary/aromatic N) is 1. The van der Waals surface area contributed by atoms with Gasteiger partial charge in [-0.05, 0) is 37.1 Å². The molecule has 0 aliphatic rings. The summed E-state index contributed by atoms with van der Waals surface area (Å²) in [5.74, 6) is 0. The molecule has 16 heavy (non-hydrogen) atoms. The molecule has 2 aromatic rings. The van der Waals surface area contributed by atoms with Crippen molar-refractivity contribution in [1.82, 2.24) is 4.57 Å². The zero-order valence-corrected chi connectivity index (χ0v) is 10.3. The molecule has 1 aromatic heterocycles. The molecule has 86 valence electrons. The average molecular weight is 237 g/mol. The van der Waals surface area contributed by atoms with Crippen molar-refractivity contribution in [1.29, 1.82) is 0 Å². The lowest BCUT2D eigenvalue weighted by Crippen LogP contribution is -2.02. The predicted octanol–water partition coefficient (Wildman–Crippen LogP) is 3.21. The first kappa shape index (κ1) is 11.5. The van der Waals surface area contributed by atoms with E-state index in [0.29, 0.717) is 6.54 Å². The lowest BCUT2D eigenvalue weighted by atomic mass is 10.1. The monoisotopic (exact) mass is 236 g/mol. The average Bonchev–Trinajstić information content (AvgIpc) is 2.58. The quantitative estimate of drug-likeness (QED) is 0.869. The van der Waals surface area contributed by atoms with Gasteiger partial charge in [-0.1, -0.05) is 24.6 Å². The van der Waals surface area contributed by atoms with Gasteiger partial charge >= 0.3 is 0 Å². The van der Waals surface area contributed by atoms with E-state index < -0.39 is 0 Å². The smallest absolute Gasteiger partial charge is 0.0498 e. The van der Waals surface area contributed by atoms with Gasteiger partial charge in [0.2, 0.25) is 0 Å². The molecule has 2 rings (SSSR count). The molecule has 0 saturated carbocycles. The lowest BCUT2D eigenvalue weighted by molar-refractivity contribution is 0.700. The topological polar surface area (TPSA) is 30.9 Å². The number of nitrogens with two attached hydrogens (primary N) is 1. The number of rotatable bonds is 4. The van der Waals surface area contributed by atoms with E-state index in [4.69, 9.17) is 17.3 Å². The number of hydrogen-bond donors (Lipinski definition) is 1. The number of aryl methyl sites for hydroxylation is 1. The lowest BCUT2D eigenvalue weighted by Gasteiger charge is -2.02. The maximum Gasteiger partial charge on any atom is 0.0498 e. The number of halogens is 1. The van der Waals surface area contributed by atoms with Crippen LogP contribution in [0.3, 0.4) is 0 Å². The van der Waals surface area contributed by atoms with Gasteiger partial charge in [-0.2, -0.15) is 0 Å². The molecule has 2 N–H and O–H groups in total. The van der Waals surface area contributed by atoms with Crippen LogP contribution in [0.5, 0.6) is 0 Å². The van der Waals surface area contributed by atoms with Crippen molar-refractivity contribution in [2.75, 3.05) is 6.54 Å². The van der Waals surface area contributed by atoms with Crippen molar-refractivity contribution in [3.63, 3.8) is 0 Å². The predicted molar refractivity (Wildman–Crippen MR) is 70.0 cm³/mol. The fourth-order valence-corrected chi connectivity index (χ4v) is 2.29. The van der Waals surface area contributed by atoms with Gasteiger partial charge in [-0.15, -0.1) is 0 Å². The van der Waals surface area contributed by atoms with Gasteiger partial charge in [0.15, 0.2) is 0 Å². The Kier molecular flexibility index (Phi) is 3.52. The Morgan fingerprint density at radius 2 is 2.19 bits per heavy atom. The minimum Gasteiger partial charge on any atom is -0.347 e. The molecule has 0 aliphatic heterocycles. The highest BCUT2D eigenvalue weighted by Gasteiger charge is 2.07. The summed E-state index contributed by atoms with van der Waals surface area (Å²) in [5, 5.41) is 2.07. The normalized spacial score (nSPS) is 11.2. The zero-order valence-electron chi connectivity index (χ0n) is 9.54. The van der Waals surface area contributed by atoms with Crippen molar-refractivity contribution in [3.05, 3.63) is 35.0 Å². The number of aromatic nitrogens is 1. The molecular weight excluding hydrogens is 220 g/mol. The molecule has 0 radical (unpaired) electrons. The molecule has 2 nitrogen and oxygen atoms in total. The summed E-state index contributed by atoms with van der Waals surface area (Å²) in [6.45, 7) is 3.90. The summed E-state index contributed by atoms with van der Waals surface area (Å²) in [6, 6.07) is 6.07. The molecule has 3 heteroatoms. The van der Waals surface area contributed by atoms with Crippen LogP contribution in [0, 0.1) is 0 Å². The molecule has 0 amide bonds. The summed E-state index contributed by atoms with van der Waals surface area (Å²) in [5.41, 5.74) is 8.17. The Hall–Kier alpha value is -0.990. The summed E-state index contributed by atoms with van der Waals surface area (Å²) >= 11 is 6.04. The fourth-order valence-electron chi connectivity index (χ4n) is 2.12. The fraction of sp³-hybridized carbons (Fsp3) is 0.385. The second-order valence-electron chi connectivity index (χ2n) is 4.05. The Balaban J connectivity index is 2.56. The molecule has 0 fully saturated rings. The van der Waals surface area contributed by atoms with Crippen LogP contribution in [0.4, 0.5) is 0 Å². The first-order valence-corrected chi connectivity index (χ1v) is 6.11. The summed E-state index contributed by atoms with van der Waals surface area (Å²) < 4.78 is 2.27. The van der Waals surface area contributed by atoms with Crippen molar-refractivity contribution in [3.8, 4) is 0 Å². The highest BCUT2D eigenvalue weighted by Crippen LogP contribution is 2.25. The van der Waals surface area contributed by atoms with E-state index >= 15 is 0 Å². The van der Waals surface area contributed by atoms with Gasteiger partial charge in [-0.25, -0.2) is 0 Å². The van der Waals surface area contributed by atoms with Gasteiger partial charge in [-0.3, -0.25) is 0 Å². The Bertz CT molecular complexity index is 488. The van der Waals surface area contributed by atoms with Crippen molar-refractivity contribution < 1.29 is 0 Å². The van der Waals surface area contributed by atoms with Crippen LogP contribution in [0.15, 0.2) is 24.4 Å². The Morgan fingerprint density at radius 3 is 2.88 bits per heavy atom. The van der Waals surface area contributed by atoms with E-state index in [0.717, 1.165) is 24.4 Å². The molecule has 0 saturated heterocycles. The van der Waals surface area contributed by atoms with E-state index in [1.807, 2.05) is 12.1 Å². The maximum absolute atomic E-state index is 6.04. The van der Waals surface area contributed by atoms with Crippen molar-refractivity contribution >= 4 is 22.5 Å².